The first-order valence-electron chi connectivity index (χ1n) is 6.25. The maximum absolute atomic E-state index is 13.6. The first kappa shape index (κ1) is 13.0. The van der Waals surface area contributed by atoms with Crippen molar-refractivity contribution in [3.63, 3.8) is 0 Å². The molecule has 0 spiro atoms. The van der Waals surface area contributed by atoms with Crippen molar-refractivity contribution in [2.75, 3.05) is 6.54 Å². The number of carbonyl (C=O) groups is 1. The lowest BCUT2D eigenvalue weighted by Crippen LogP contribution is -2.53. The summed E-state index contributed by atoms with van der Waals surface area (Å²) < 4.78 is 13.6. The molecular weight excluding hydrogens is 231 g/mol. The summed E-state index contributed by atoms with van der Waals surface area (Å²) in [5, 5.41) is 2.89. The van der Waals surface area contributed by atoms with Gasteiger partial charge in [-0.1, -0.05) is 11.6 Å². The van der Waals surface area contributed by atoms with Crippen LogP contribution in [0.3, 0.4) is 0 Å². The van der Waals surface area contributed by atoms with Crippen LogP contribution >= 0.6 is 0 Å². The van der Waals surface area contributed by atoms with Crippen LogP contribution in [0.4, 0.5) is 4.39 Å². The van der Waals surface area contributed by atoms with Crippen LogP contribution in [0.5, 0.6) is 0 Å². The molecule has 1 aliphatic rings. The third-order valence-corrected chi connectivity index (χ3v) is 3.67. The molecule has 1 unspecified atom stereocenters. The van der Waals surface area contributed by atoms with Gasteiger partial charge in [0.1, 0.15) is 5.82 Å². The van der Waals surface area contributed by atoms with E-state index in [-0.39, 0.29) is 11.5 Å². The summed E-state index contributed by atoms with van der Waals surface area (Å²) in [5.74, 6) is -0.455. The molecule has 4 heteroatoms. The molecule has 1 saturated carbocycles. The van der Waals surface area contributed by atoms with Crippen molar-refractivity contribution in [1.82, 2.24) is 5.32 Å². The SMILES string of the molecule is Cc1ccc(F)c(C(=O)NC(C)(CN)C2CC2)c1. The number of benzene rings is 1. The second-order valence-corrected chi connectivity index (χ2v) is 5.33. The van der Waals surface area contributed by atoms with E-state index < -0.39 is 11.4 Å². The molecule has 1 aliphatic carbocycles. The third-order valence-electron chi connectivity index (χ3n) is 3.67. The van der Waals surface area contributed by atoms with Crippen molar-refractivity contribution >= 4 is 5.91 Å². The summed E-state index contributed by atoms with van der Waals surface area (Å²) in [4.78, 5) is 12.1. The molecule has 1 atom stereocenters. The molecule has 98 valence electrons. The summed E-state index contributed by atoms with van der Waals surface area (Å²) in [6, 6.07) is 4.53. The van der Waals surface area contributed by atoms with Crippen LogP contribution in [-0.2, 0) is 0 Å². The van der Waals surface area contributed by atoms with Gasteiger partial charge in [-0.15, -0.1) is 0 Å². The van der Waals surface area contributed by atoms with E-state index in [2.05, 4.69) is 5.32 Å². The topological polar surface area (TPSA) is 55.1 Å². The van der Waals surface area contributed by atoms with E-state index >= 15 is 0 Å². The molecule has 0 aromatic heterocycles. The largest absolute Gasteiger partial charge is 0.345 e. The van der Waals surface area contributed by atoms with Crippen molar-refractivity contribution < 1.29 is 9.18 Å². The van der Waals surface area contributed by atoms with Crippen molar-refractivity contribution in [2.45, 2.75) is 32.2 Å². The zero-order chi connectivity index (χ0) is 13.3. The van der Waals surface area contributed by atoms with Crippen molar-refractivity contribution in [2.24, 2.45) is 11.7 Å². The van der Waals surface area contributed by atoms with Gasteiger partial charge < -0.3 is 11.1 Å². The summed E-state index contributed by atoms with van der Waals surface area (Å²) >= 11 is 0. The van der Waals surface area contributed by atoms with Gasteiger partial charge in [-0.3, -0.25) is 4.79 Å². The molecular formula is C14H19FN2O. The lowest BCUT2D eigenvalue weighted by molar-refractivity contribution is 0.0893. The van der Waals surface area contributed by atoms with Crippen LogP contribution in [0.1, 0.15) is 35.7 Å². The molecule has 2 rings (SSSR count). The molecule has 1 aromatic carbocycles. The van der Waals surface area contributed by atoms with Crippen LogP contribution in [0.2, 0.25) is 0 Å². The molecule has 1 amide bonds. The highest BCUT2D eigenvalue weighted by atomic mass is 19.1. The highest BCUT2D eigenvalue weighted by molar-refractivity contribution is 5.95. The maximum Gasteiger partial charge on any atom is 0.254 e. The lowest BCUT2D eigenvalue weighted by Gasteiger charge is -2.29. The van der Waals surface area contributed by atoms with Gasteiger partial charge in [-0.05, 0) is 44.7 Å². The number of nitrogens with one attached hydrogen (secondary N) is 1. The van der Waals surface area contributed by atoms with Crippen molar-refractivity contribution in [3.8, 4) is 0 Å². The molecule has 18 heavy (non-hydrogen) atoms. The van der Waals surface area contributed by atoms with E-state index in [1.807, 2.05) is 13.8 Å². The van der Waals surface area contributed by atoms with E-state index in [9.17, 15) is 9.18 Å². The van der Waals surface area contributed by atoms with Gasteiger partial charge in [0, 0.05) is 6.54 Å². The Balaban J connectivity index is 2.18. The number of carbonyl (C=O) groups excluding carboxylic acids is 1. The Morgan fingerprint density at radius 1 is 1.56 bits per heavy atom. The Bertz CT molecular complexity index is 471. The van der Waals surface area contributed by atoms with Crippen molar-refractivity contribution in [3.05, 3.63) is 35.1 Å². The average Bonchev–Trinajstić information content (AvgIpc) is 3.16. The number of rotatable bonds is 4. The number of halogens is 1. The van der Waals surface area contributed by atoms with Gasteiger partial charge in [-0.2, -0.15) is 0 Å². The Morgan fingerprint density at radius 3 is 2.78 bits per heavy atom. The zero-order valence-corrected chi connectivity index (χ0v) is 10.8. The molecule has 0 aliphatic heterocycles. The van der Waals surface area contributed by atoms with Crippen molar-refractivity contribution in [1.29, 1.82) is 0 Å². The quantitative estimate of drug-likeness (QED) is 0.858. The maximum atomic E-state index is 13.6. The van der Waals surface area contributed by atoms with Crippen LogP contribution in [-0.4, -0.2) is 18.0 Å². The second-order valence-electron chi connectivity index (χ2n) is 5.33. The highest BCUT2D eigenvalue weighted by Gasteiger charge is 2.41. The number of hydrogen-bond acceptors (Lipinski definition) is 2. The van der Waals surface area contributed by atoms with Crippen LogP contribution < -0.4 is 11.1 Å². The monoisotopic (exact) mass is 250 g/mol. The molecule has 3 nitrogen and oxygen atoms in total. The van der Waals surface area contributed by atoms with Gasteiger partial charge in [0.25, 0.3) is 5.91 Å². The number of amides is 1. The minimum Gasteiger partial charge on any atom is -0.345 e. The number of aryl methyl sites for hydroxylation is 1. The Labute approximate surface area is 107 Å². The smallest absolute Gasteiger partial charge is 0.254 e. The second kappa shape index (κ2) is 4.69. The van der Waals surface area contributed by atoms with E-state index in [4.69, 9.17) is 5.73 Å². The highest BCUT2D eigenvalue weighted by Crippen LogP contribution is 2.39. The van der Waals surface area contributed by atoms with Gasteiger partial charge in [0.2, 0.25) is 0 Å². The Kier molecular flexibility index (Phi) is 3.39. The summed E-state index contributed by atoms with van der Waals surface area (Å²) in [6.45, 7) is 4.13. The molecule has 0 radical (unpaired) electrons. The first-order valence-corrected chi connectivity index (χ1v) is 6.25. The molecule has 3 N–H and O–H groups in total. The fourth-order valence-electron chi connectivity index (χ4n) is 2.18. The van der Waals surface area contributed by atoms with E-state index in [1.54, 1.807) is 12.1 Å². The molecule has 0 saturated heterocycles. The van der Waals surface area contributed by atoms with Gasteiger partial charge in [-0.25, -0.2) is 4.39 Å². The van der Waals surface area contributed by atoms with Gasteiger partial charge >= 0.3 is 0 Å². The van der Waals surface area contributed by atoms with E-state index in [1.165, 1.54) is 6.07 Å². The van der Waals surface area contributed by atoms with Gasteiger partial charge in [0.15, 0.2) is 0 Å². The van der Waals surface area contributed by atoms with E-state index in [0.29, 0.717) is 12.5 Å². The molecule has 0 heterocycles. The fraction of sp³-hybridized carbons (Fsp3) is 0.500. The predicted octanol–water partition coefficient (Wildman–Crippen LogP) is 1.99. The summed E-state index contributed by atoms with van der Waals surface area (Å²) in [6.07, 6.45) is 2.15. The fourth-order valence-corrected chi connectivity index (χ4v) is 2.18. The van der Waals surface area contributed by atoms with Crippen LogP contribution in [0.25, 0.3) is 0 Å². The third kappa shape index (κ3) is 2.53. The minimum atomic E-state index is -0.492. The van der Waals surface area contributed by atoms with Crippen LogP contribution in [0.15, 0.2) is 18.2 Å². The van der Waals surface area contributed by atoms with E-state index in [0.717, 1.165) is 18.4 Å². The normalized spacial score (nSPS) is 18.2. The predicted molar refractivity (Wildman–Crippen MR) is 68.8 cm³/mol. The molecule has 0 bridgehead atoms. The Hall–Kier alpha value is -1.42. The number of nitrogens with two attached hydrogens (primary N) is 1. The minimum absolute atomic E-state index is 0.0929. The zero-order valence-electron chi connectivity index (χ0n) is 10.8. The Morgan fingerprint density at radius 2 is 2.22 bits per heavy atom. The standard InChI is InChI=1S/C14H19FN2O/c1-9-3-6-12(15)11(7-9)13(18)17-14(2,8-16)10-4-5-10/h3,6-7,10H,4-5,8,16H2,1-2H3,(H,17,18). The first-order chi connectivity index (χ1) is 8.46. The molecule has 1 aromatic rings. The lowest BCUT2D eigenvalue weighted by atomic mass is 9.95. The molecule has 1 fully saturated rings. The summed E-state index contributed by atoms with van der Waals surface area (Å²) in [7, 11) is 0. The average molecular weight is 250 g/mol. The summed E-state index contributed by atoms with van der Waals surface area (Å²) in [5.41, 5.74) is 6.27. The number of hydrogen-bond donors (Lipinski definition) is 2. The van der Waals surface area contributed by atoms with Crippen LogP contribution in [0, 0.1) is 18.7 Å². The van der Waals surface area contributed by atoms with Gasteiger partial charge in [0.05, 0.1) is 11.1 Å².